The Morgan fingerprint density at radius 1 is 1.17 bits per heavy atom. The van der Waals surface area contributed by atoms with E-state index in [1.54, 1.807) is 7.05 Å². The second-order valence-electron chi connectivity index (χ2n) is 5.71. The summed E-state index contributed by atoms with van der Waals surface area (Å²) in [6.07, 6.45) is 0. The van der Waals surface area contributed by atoms with Crippen LogP contribution in [-0.4, -0.2) is 19.0 Å². The minimum absolute atomic E-state index is 0.0327. The molecule has 0 bridgehead atoms. The fourth-order valence-corrected chi connectivity index (χ4v) is 1.95. The van der Waals surface area contributed by atoms with Crippen LogP contribution in [0.4, 0.5) is 0 Å². The summed E-state index contributed by atoms with van der Waals surface area (Å²) in [5.74, 6) is 0.0327. The van der Waals surface area contributed by atoms with Gasteiger partial charge in [-0.15, -0.1) is 0 Å². The van der Waals surface area contributed by atoms with Crippen molar-refractivity contribution in [1.82, 2.24) is 10.6 Å². The molecule has 1 amide bonds. The number of rotatable bonds is 4. The fourth-order valence-electron chi connectivity index (χ4n) is 1.95. The molecule has 1 rings (SSSR count). The highest BCUT2D eigenvalue weighted by Crippen LogP contribution is 2.23. The van der Waals surface area contributed by atoms with Crippen LogP contribution in [0.15, 0.2) is 30.3 Å². The van der Waals surface area contributed by atoms with E-state index >= 15 is 0 Å². The molecule has 1 aromatic rings. The molecule has 100 valence electrons. The summed E-state index contributed by atoms with van der Waals surface area (Å²) in [5, 5.41) is 6.14. The van der Waals surface area contributed by atoms with E-state index in [9.17, 15) is 4.79 Å². The second-order valence-corrected chi connectivity index (χ2v) is 5.71. The van der Waals surface area contributed by atoms with Crippen molar-refractivity contribution in [2.45, 2.75) is 39.8 Å². The zero-order chi connectivity index (χ0) is 13.8. The van der Waals surface area contributed by atoms with Crippen molar-refractivity contribution >= 4 is 5.91 Å². The van der Waals surface area contributed by atoms with Crippen LogP contribution in [0.5, 0.6) is 0 Å². The van der Waals surface area contributed by atoms with Crippen LogP contribution in [0.25, 0.3) is 0 Å². The maximum atomic E-state index is 12.0. The highest BCUT2D eigenvalue weighted by Gasteiger charge is 2.31. The lowest BCUT2D eigenvalue weighted by Gasteiger charge is -2.32. The zero-order valence-corrected chi connectivity index (χ0v) is 11.9. The number of hydrogen-bond acceptors (Lipinski definition) is 2. The predicted molar refractivity (Wildman–Crippen MR) is 75.3 cm³/mol. The Hall–Kier alpha value is -1.35. The van der Waals surface area contributed by atoms with Crippen LogP contribution in [0.3, 0.4) is 0 Å². The number of amides is 1. The van der Waals surface area contributed by atoms with Crippen LogP contribution < -0.4 is 10.6 Å². The van der Waals surface area contributed by atoms with E-state index in [1.165, 1.54) is 5.56 Å². The Morgan fingerprint density at radius 2 is 1.72 bits per heavy atom. The molecule has 3 nitrogen and oxygen atoms in total. The molecule has 2 atom stereocenters. The fraction of sp³-hybridized carbons (Fsp3) is 0.533. The number of carbonyl (C=O) groups is 1. The number of likely N-dealkylation sites (N-methyl/N-ethyl adjacent to an activating group) is 1. The number of carbonyl (C=O) groups excluding carboxylic acids is 1. The molecule has 0 aliphatic carbocycles. The Kier molecular flexibility index (Phi) is 4.91. The third-order valence-electron chi connectivity index (χ3n) is 3.09. The van der Waals surface area contributed by atoms with Gasteiger partial charge in [0.1, 0.15) is 0 Å². The lowest BCUT2D eigenvalue weighted by Crippen LogP contribution is -2.51. The normalized spacial score (nSPS) is 14.9. The van der Waals surface area contributed by atoms with Crippen molar-refractivity contribution in [2.24, 2.45) is 5.41 Å². The molecule has 0 saturated heterocycles. The Bertz CT molecular complexity index is 381. The third kappa shape index (κ3) is 3.84. The SMILES string of the molecule is CNC(=O)[C@@H](N[C@@H](C)c1ccccc1)C(C)(C)C. The monoisotopic (exact) mass is 248 g/mol. The summed E-state index contributed by atoms with van der Waals surface area (Å²) in [5.41, 5.74) is 1.07. The van der Waals surface area contributed by atoms with E-state index in [4.69, 9.17) is 0 Å². The van der Waals surface area contributed by atoms with Gasteiger partial charge in [-0.2, -0.15) is 0 Å². The molecule has 0 saturated carbocycles. The van der Waals surface area contributed by atoms with Gasteiger partial charge in [-0.25, -0.2) is 0 Å². The predicted octanol–water partition coefficient (Wildman–Crippen LogP) is 2.50. The second kappa shape index (κ2) is 6.01. The Morgan fingerprint density at radius 3 is 2.17 bits per heavy atom. The van der Waals surface area contributed by atoms with Gasteiger partial charge in [0, 0.05) is 13.1 Å². The van der Waals surface area contributed by atoms with Crippen molar-refractivity contribution in [1.29, 1.82) is 0 Å². The van der Waals surface area contributed by atoms with E-state index in [0.717, 1.165) is 0 Å². The van der Waals surface area contributed by atoms with Gasteiger partial charge in [0.2, 0.25) is 5.91 Å². The summed E-state index contributed by atoms with van der Waals surface area (Å²) in [4.78, 5) is 12.0. The molecule has 0 heterocycles. The minimum Gasteiger partial charge on any atom is -0.358 e. The van der Waals surface area contributed by atoms with E-state index in [2.05, 4.69) is 50.5 Å². The summed E-state index contributed by atoms with van der Waals surface area (Å²) < 4.78 is 0. The Labute approximate surface area is 110 Å². The first kappa shape index (κ1) is 14.7. The highest BCUT2D eigenvalue weighted by atomic mass is 16.2. The van der Waals surface area contributed by atoms with Crippen molar-refractivity contribution < 1.29 is 4.79 Å². The van der Waals surface area contributed by atoms with Crippen LogP contribution >= 0.6 is 0 Å². The lowest BCUT2D eigenvalue weighted by atomic mass is 9.85. The summed E-state index contributed by atoms with van der Waals surface area (Å²) in [6.45, 7) is 8.28. The van der Waals surface area contributed by atoms with E-state index in [0.29, 0.717) is 0 Å². The molecule has 3 heteroatoms. The molecule has 0 aliphatic rings. The zero-order valence-electron chi connectivity index (χ0n) is 11.9. The van der Waals surface area contributed by atoms with Crippen LogP contribution in [0.1, 0.15) is 39.3 Å². The largest absolute Gasteiger partial charge is 0.358 e. The minimum atomic E-state index is -0.210. The van der Waals surface area contributed by atoms with E-state index in [1.807, 2.05) is 18.2 Å². The molecule has 18 heavy (non-hydrogen) atoms. The molecular formula is C15H24N2O. The molecular weight excluding hydrogens is 224 g/mol. The first-order valence-corrected chi connectivity index (χ1v) is 6.39. The maximum absolute atomic E-state index is 12.0. The van der Waals surface area contributed by atoms with Gasteiger partial charge >= 0.3 is 0 Å². The van der Waals surface area contributed by atoms with E-state index < -0.39 is 0 Å². The smallest absolute Gasteiger partial charge is 0.237 e. The molecule has 0 unspecified atom stereocenters. The highest BCUT2D eigenvalue weighted by molar-refractivity contribution is 5.82. The van der Waals surface area contributed by atoms with Gasteiger partial charge in [0.25, 0.3) is 0 Å². The number of benzene rings is 1. The van der Waals surface area contributed by atoms with Crippen molar-refractivity contribution in [3.05, 3.63) is 35.9 Å². The summed E-state index contributed by atoms with van der Waals surface area (Å²) in [7, 11) is 1.68. The summed E-state index contributed by atoms with van der Waals surface area (Å²) in [6, 6.07) is 10.1. The maximum Gasteiger partial charge on any atom is 0.237 e. The Balaban J connectivity index is 2.82. The number of nitrogens with one attached hydrogen (secondary N) is 2. The molecule has 0 spiro atoms. The van der Waals surface area contributed by atoms with Gasteiger partial charge < -0.3 is 5.32 Å². The van der Waals surface area contributed by atoms with Crippen LogP contribution in [0.2, 0.25) is 0 Å². The molecule has 0 radical (unpaired) electrons. The molecule has 1 aromatic carbocycles. The quantitative estimate of drug-likeness (QED) is 0.859. The van der Waals surface area contributed by atoms with Crippen molar-refractivity contribution in [3.8, 4) is 0 Å². The van der Waals surface area contributed by atoms with Gasteiger partial charge in [-0.05, 0) is 17.9 Å². The van der Waals surface area contributed by atoms with Gasteiger partial charge in [-0.1, -0.05) is 51.1 Å². The van der Waals surface area contributed by atoms with Crippen molar-refractivity contribution in [3.63, 3.8) is 0 Å². The van der Waals surface area contributed by atoms with Gasteiger partial charge in [0.15, 0.2) is 0 Å². The number of hydrogen-bond donors (Lipinski definition) is 2. The standard InChI is InChI=1S/C15H24N2O/c1-11(12-9-7-6-8-10-12)17-13(14(18)16-5)15(2,3)4/h6-11,13,17H,1-5H3,(H,16,18)/t11-,13+/m0/s1. The van der Waals surface area contributed by atoms with Gasteiger partial charge in [0.05, 0.1) is 6.04 Å². The molecule has 0 fully saturated rings. The first-order valence-electron chi connectivity index (χ1n) is 6.39. The molecule has 2 N–H and O–H groups in total. The summed E-state index contributed by atoms with van der Waals surface area (Å²) >= 11 is 0. The third-order valence-corrected chi connectivity index (χ3v) is 3.09. The van der Waals surface area contributed by atoms with Crippen LogP contribution in [0, 0.1) is 5.41 Å². The lowest BCUT2D eigenvalue weighted by molar-refractivity contribution is -0.125. The van der Waals surface area contributed by atoms with E-state index in [-0.39, 0.29) is 23.4 Å². The average molecular weight is 248 g/mol. The molecule has 0 aromatic heterocycles. The molecule has 0 aliphatic heterocycles. The average Bonchev–Trinajstić information content (AvgIpc) is 2.34. The topological polar surface area (TPSA) is 41.1 Å². The van der Waals surface area contributed by atoms with Crippen molar-refractivity contribution in [2.75, 3.05) is 7.05 Å². The van der Waals surface area contributed by atoms with Crippen LogP contribution in [-0.2, 0) is 4.79 Å². The van der Waals surface area contributed by atoms with Gasteiger partial charge in [-0.3, -0.25) is 10.1 Å². The first-order chi connectivity index (χ1) is 8.36.